The molecule has 96 valence electrons. The van der Waals surface area contributed by atoms with Crippen molar-refractivity contribution in [1.82, 2.24) is 9.78 Å². The first-order valence-electron chi connectivity index (χ1n) is 5.80. The molecule has 6 heteroatoms. The minimum atomic E-state index is -2.84. The van der Waals surface area contributed by atoms with Crippen LogP contribution in [-0.4, -0.2) is 40.9 Å². The Kier molecular flexibility index (Phi) is 3.53. The molecule has 5 nitrogen and oxygen atoms in total. The maximum Gasteiger partial charge on any atom is 0.150 e. The molecule has 0 radical (unpaired) electrons. The van der Waals surface area contributed by atoms with Gasteiger partial charge in [-0.25, -0.2) is 8.42 Å². The summed E-state index contributed by atoms with van der Waals surface area (Å²) in [7, 11) is -1.00. The maximum atomic E-state index is 11.3. The van der Waals surface area contributed by atoms with Gasteiger partial charge in [-0.3, -0.25) is 4.68 Å². The van der Waals surface area contributed by atoms with Crippen molar-refractivity contribution < 1.29 is 13.5 Å². The highest BCUT2D eigenvalue weighted by atomic mass is 32.2. The van der Waals surface area contributed by atoms with Gasteiger partial charge in [-0.05, 0) is 24.3 Å². The molecule has 1 saturated heterocycles. The summed E-state index contributed by atoms with van der Waals surface area (Å²) in [5.41, 5.74) is 0.987. The first-order valence-corrected chi connectivity index (χ1v) is 7.63. The van der Waals surface area contributed by atoms with Crippen LogP contribution >= 0.6 is 0 Å². The van der Waals surface area contributed by atoms with Crippen LogP contribution in [0.1, 0.15) is 18.4 Å². The Balaban J connectivity index is 1.84. The van der Waals surface area contributed by atoms with Crippen LogP contribution in [0.3, 0.4) is 0 Å². The zero-order valence-electron chi connectivity index (χ0n) is 9.91. The molecule has 1 aliphatic rings. The number of rotatable bonds is 4. The van der Waals surface area contributed by atoms with E-state index in [0.717, 1.165) is 5.56 Å². The molecule has 1 N–H and O–H groups in total. The number of sulfone groups is 1. The normalized spacial score (nSPS) is 24.9. The minimum absolute atomic E-state index is 0.117. The lowest BCUT2D eigenvalue weighted by Crippen LogP contribution is -2.17. The SMILES string of the molecule is Cn1cc(CC(O)CC2CCS(=O)(=O)C2)cn1. The summed E-state index contributed by atoms with van der Waals surface area (Å²) in [6.07, 6.45) is 4.92. The summed E-state index contributed by atoms with van der Waals surface area (Å²) in [5, 5.41) is 13.9. The Bertz CT molecular complexity index is 481. The smallest absolute Gasteiger partial charge is 0.150 e. The van der Waals surface area contributed by atoms with Gasteiger partial charge >= 0.3 is 0 Å². The zero-order chi connectivity index (χ0) is 12.5. The fourth-order valence-electron chi connectivity index (χ4n) is 2.38. The molecule has 0 spiro atoms. The van der Waals surface area contributed by atoms with Gasteiger partial charge in [0.2, 0.25) is 0 Å². The number of aliphatic hydroxyl groups is 1. The van der Waals surface area contributed by atoms with E-state index in [2.05, 4.69) is 5.10 Å². The molecule has 0 saturated carbocycles. The molecule has 0 aliphatic carbocycles. The summed E-state index contributed by atoms with van der Waals surface area (Å²) in [6.45, 7) is 0. The van der Waals surface area contributed by atoms with E-state index in [1.807, 2.05) is 13.2 Å². The predicted molar refractivity (Wildman–Crippen MR) is 64.3 cm³/mol. The third kappa shape index (κ3) is 3.54. The summed E-state index contributed by atoms with van der Waals surface area (Å²) in [5.74, 6) is 0.626. The molecule has 17 heavy (non-hydrogen) atoms. The van der Waals surface area contributed by atoms with Crippen LogP contribution in [-0.2, 0) is 23.3 Å². The van der Waals surface area contributed by atoms with E-state index < -0.39 is 15.9 Å². The lowest BCUT2D eigenvalue weighted by molar-refractivity contribution is 0.147. The van der Waals surface area contributed by atoms with Gasteiger partial charge in [0.05, 0.1) is 23.8 Å². The first-order chi connectivity index (χ1) is 7.94. The topological polar surface area (TPSA) is 72.2 Å². The molecule has 2 atom stereocenters. The number of aryl methyl sites for hydroxylation is 1. The molecule has 1 aliphatic heterocycles. The molecule has 1 fully saturated rings. The fourth-order valence-corrected chi connectivity index (χ4v) is 4.26. The van der Waals surface area contributed by atoms with E-state index in [1.54, 1.807) is 10.9 Å². The van der Waals surface area contributed by atoms with Crippen LogP contribution in [0.15, 0.2) is 12.4 Å². The quantitative estimate of drug-likeness (QED) is 0.834. The predicted octanol–water partition coefficient (Wildman–Crippen LogP) is 0.148. The Hall–Kier alpha value is -0.880. The number of aliphatic hydroxyl groups excluding tert-OH is 1. The Morgan fingerprint density at radius 2 is 2.41 bits per heavy atom. The maximum absolute atomic E-state index is 11.3. The second-order valence-corrected chi connectivity index (χ2v) is 7.11. The van der Waals surface area contributed by atoms with Crippen molar-refractivity contribution >= 4 is 9.84 Å². The van der Waals surface area contributed by atoms with Gasteiger partial charge in [-0.1, -0.05) is 0 Å². The Labute approximate surface area is 101 Å². The van der Waals surface area contributed by atoms with E-state index in [-0.39, 0.29) is 17.4 Å². The van der Waals surface area contributed by atoms with E-state index in [0.29, 0.717) is 19.3 Å². The molecule has 2 unspecified atom stereocenters. The average Bonchev–Trinajstić information content (AvgIpc) is 2.73. The number of aromatic nitrogens is 2. The molecule has 0 amide bonds. The second-order valence-electron chi connectivity index (χ2n) is 4.88. The van der Waals surface area contributed by atoms with E-state index in [9.17, 15) is 13.5 Å². The van der Waals surface area contributed by atoms with Gasteiger partial charge in [0, 0.05) is 19.7 Å². The third-order valence-corrected chi connectivity index (χ3v) is 5.00. The van der Waals surface area contributed by atoms with Crippen LogP contribution in [0.5, 0.6) is 0 Å². The number of hydrogen-bond donors (Lipinski definition) is 1. The molecular weight excluding hydrogens is 240 g/mol. The molecule has 1 aromatic heterocycles. The second kappa shape index (κ2) is 4.78. The molecular formula is C11H18N2O3S. The summed E-state index contributed by atoms with van der Waals surface area (Å²) >= 11 is 0. The van der Waals surface area contributed by atoms with Crippen LogP contribution < -0.4 is 0 Å². The molecule has 0 aromatic carbocycles. The lowest BCUT2D eigenvalue weighted by atomic mass is 9.98. The van der Waals surface area contributed by atoms with Gasteiger partial charge in [-0.2, -0.15) is 5.10 Å². The largest absolute Gasteiger partial charge is 0.393 e. The Morgan fingerprint density at radius 3 is 2.94 bits per heavy atom. The van der Waals surface area contributed by atoms with Gasteiger partial charge in [-0.15, -0.1) is 0 Å². The fraction of sp³-hybridized carbons (Fsp3) is 0.727. The van der Waals surface area contributed by atoms with Crippen LogP contribution in [0.2, 0.25) is 0 Å². The van der Waals surface area contributed by atoms with Crippen molar-refractivity contribution in [3.8, 4) is 0 Å². The highest BCUT2D eigenvalue weighted by molar-refractivity contribution is 7.91. The standard InChI is InChI=1S/C11H18N2O3S/c1-13-7-10(6-12-13)5-11(14)4-9-2-3-17(15,16)8-9/h6-7,9,11,14H,2-5,8H2,1H3. The molecule has 2 heterocycles. The molecule has 2 rings (SSSR count). The molecule has 0 bridgehead atoms. The lowest BCUT2D eigenvalue weighted by Gasteiger charge is -2.13. The van der Waals surface area contributed by atoms with Crippen molar-refractivity contribution in [2.45, 2.75) is 25.4 Å². The highest BCUT2D eigenvalue weighted by Crippen LogP contribution is 2.23. The van der Waals surface area contributed by atoms with Gasteiger partial charge in [0.15, 0.2) is 9.84 Å². The minimum Gasteiger partial charge on any atom is -0.393 e. The van der Waals surface area contributed by atoms with Crippen molar-refractivity contribution in [1.29, 1.82) is 0 Å². The van der Waals surface area contributed by atoms with E-state index in [4.69, 9.17) is 0 Å². The summed E-state index contributed by atoms with van der Waals surface area (Å²) in [6, 6.07) is 0. The van der Waals surface area contributed by atoms with Crippen molar-refractivity contribution in [2.24, 2.45) is 13.0 Å². The van der Waals surface area contributed by atoms with Crippen molar-refractivity contribution in [3.05, 3.63) is 18.0 Å². The average molecular weight is 258 g/mol. The third-order valence-electron chi connectivity index (χ3n) is 3.16. The number of nitrogens with zero attached hydrogens (tertiary/aromatic N) is 2. The van der Waals surface area contributed by atoms with Crippen molar-refractivity contribution in [3.63, 3.8) is 0 Å². The van der Waals surface area contributed by atoms with E-state index >= 15 is 0 Å². The number of hydrogen-bond acceptors (Lipinski definition) is 4. The highest BCUT2D eigenvalue weighted by Gasteiger charge is 2.29. The Morgan fingerprint density at radius 1 is 1.65 bits per heavy atom. The monoisotopic (exact) mass is 258 g/mol. The molecule has 1 aromatic rings. The zero-order valence-corrected chi connectivity index (χ0v) is 10.7. The van der Waals surface area contributed by atoms with Crippen LogP contribution in [0.4, 0.5) is 0 Å². The van der Waals surface area contributed by atoms with E-state index in [1.165, 1.54) is 0 Å². The van der Waals surface area contributed by atoms with Gasteiger partial charge < -0.3 is 5.11 Å². The van der Waals surface area contributed by atoms with Gasteiger partial charge in [0.25, 0.3) is 0 Å². The van der Waals surface area contributed by atoms with Crippen LogP contribution in [0.25, 0.3) is 0 Å². The van der Waals surface area contributed by atoms with Crippen molar-refractivity contribution in [2.75, 3.05) is 11.5 Å². The summed E-state index contributed by atoms with van der Waals surface area (Å²) < 4.78 is 24.3. The van der Waals surface area contributed by atoms with Gasteiger partial charge in [0.1, 0.15) is 0 Å². The van der Waals surface area contributed by atoms with Crippen LogP contribution in [0, 0.1) is 5.92 Å². The summed E-state index contributed by atoms with van der Waals surface area (Å²) in [4.78, 5) is 0. The first kappa shape index (κ1) is 12.6.